The molecule has 3 atom stereocenters. The molecule has 3 fully saturated rings. The van der Waals surface area contributed by atoms with Crippen LogP contribution in [0.2, 0.25) is 5.02 Å². The number of aliphatic hydroxyl groups is 1. The van der Waals surface area contributed by atoms with Crippen molar-refractivity contribution in [2.24, 2.45) is 5.92 Å². The SMILES string of the molecule is CC1C(O)CN(C(=O)c2cc(C3CC3)c(OCC3(F)CCN(Cc4cc(C(F)(F)F)ccc4Cl)CC3)cc2F)[C@@H]1C(=O)O. The Labute approximate surface area is 250 Å². The highest BCUT2D eigenvalue weighted by molar-refractivity contribution is 6.31. The second kappa shape index (κ2) is 11.9. The largest absolute Gasteiger partial charge is 0.490 e. The zero-order valence-corrected chi connectivity index (χ0v) is 24.1. The summed E-state index contributed by atoms with van der Waals surface area (Å²) in [5.41, 5.74) is -2.08. The number of β-amino-alcohol motifs (C(OH)–C–C–N with tert-alkyl or cyclic N) is 1. The summed E-state index contributed by atoms with van der Waals surface area (Å²) in [6.07, 6.45) is -3.97. The van der Waals surface area contributed by atoms with Crippen LogP contribution in [0.5, 0.6) is 5.75 Å². The van der Waals surface area contributed by atoms with Gasteiger partial charge in [-0.1, -0.05) is 18.5 Å². The van der Waals surface area contributed by atoms with Gasteiger partial charge >= 0.3 is 12.1 Å². The fourth-order valence-electron chi connectivity index (χ4n) is 5.85. The Bertz CT molecular complexity index is 1390. The van der Waals surface area contributed by atoms with Gasteiger partial charge in [0.2, 0.25) is 0 Å². The van der Waals surface area contributed by atoms with Crippen LogP contribution in [0.15, 0.2) is 30.3 Å². The lowest BCUT2D eigenvalue weighted by Gasteiger charge is -2.36. The van der Waals surface area contributed by atoms with Crippen LogP contribution < -0.4 is 4.74 Å². The number of likely N-dealkylation sites (tertiary alicyclic amines) is 2. The van der Waals surface area contributed by atoms with Gasteiger partial charge < -0.3 is 19.8 Å². The molecule has 0 radical (unpaired) electrons. The molecule has 0 spiro atoms. The number of amides is 1. The highest BCUT2D eigenvalue weighted by Gasteiger charge is 2.46. The number of hydrogen-bond acceptors (Lipinski definition) is 5. The van der Waals surface area contributed by atoms with E-state index in [2.05, 4.69) is 0 Å². The van der Waals surface area contributed by atoms with Gasteiger partial charge in [0.15, 0.2) is 0 Å². The van der Waals surface area contributed by atoms with Crippen LogP contribution in [0.1, 0.15) is 65.6 Å². The molecule has 13 heteroatoms. The smallest absolute Gasteiger partial charge is 0.416 e. The van der Waals surface area contributed by atoms with E-state index in [-0.39, 0.29) is 67.9 Å². The van der Waals surface area contributed by atoms with Crippen molar-refractivity contribution < 1.29 is 46.5 Å². The van der Waals surface area contributed by atoms with Gasteiger partial charge in [-0.25, -0.2) is 13.6 Å². The summed E-state index contributed by atoms with van der Waals surface area (Å²) in [4.78, 5) is 27.8. The molecule has 3 aliphatic rings. The summed E-state index contributed by atoms with van der Waals surface area (Å²) in [6, 6.07) is 4.18. The molecule has 2 aromatic rings. The maximum atomic E-state index is 15.8. The van der Waals surface area contributed by atoms with Crippen LogP contribution in [0.4, 0.5) is 22.0 Å². The third kappa shape index (κ3) is 6.76. The maximum absolute atomic E-state index is 15.8. The molecule has 2 saturated heterocycles. The Kier molecular flexibility index (Phi) is 8.67. The second-order valence-corrected chi connectivity index (χ2v) is 12.2. The van der Waals surface area contributed by atoms with E-state index in [1.807, 2.05) is 4.90 Å². The van der Waals surface area contributed by atoms with Crippen molar-refractivity contribution in [3.8, 4) is 5.75 Å². The first-order valence-corrected chi connectivity index (χ1v) is 14.5. The Morgan fingerprint density at radius 1 is 1.14 bits per heavy atom. The van der Waals surface area contributed by atoms with Crippen LogP contribution in [-0.2, 0) is 17.5 Å². The molecular weight excluding hydrogens is 599 g/mol. The standard InChI is InChI=1S/C30H32ClF5N2O5/c1-16-24(39)14-38(26(16)28(41)42)27(40)21-11-20(17-2-3-17)25(12-23(21)32)43-15-29(33)6-8-37(9-7-29)13-18-10-19(30(34,35)36)4-5-22(18)31/h4-5,10-12,16-17,24,26,39H,2-3,6-9,13-15H2,1H3,(H,41,42)/t16?,24?,26-/m0/s1. The number of carboxylic acids is 1. The minimum absolute atomic E-state index is 0.0184. The zero-order chi connectivity index (χ0) is 31.3. The van der Waals surface area contributed by atoms with Crippen molar-refractivity contribution in [1.29, 1.82) is 0 Å². The molecule has 5 rings (SSSR count). The number of carboxylic acid groups (broad SMARTS) is 1. The number of alkyl halides is 4. The fraction of sp³-hybridized carbons (Fsp3) is 0.533. The van der Waals surface area contributed by atoms with E-state index in [9.17, 15) is 33.0 Å². The van der Waals surface area contributed by atoms with Crippen LogP contribution in [-0.4, -0.2) is 75.9 Å². The number of halogens is 6. The summed E-state index contributed by atoms with van der Waals surface area (Å²) >= 11 is 6.12. The Morgan fingerprint density at radius 2 is 1.81 bits per heavy atom. The van der Waals surface area contributed by atoms with Crippen molar-refractivity contribution in [1.82, 2.24) is 9.80 Å². The van der Waals surface area contributed by atoms with E-state index < -0.39 is 53.2 Å². The molecule has 2 unspecified atom stereocenters. The van der Waals surface area contributed by atoms with Gasteiger partial charge in [-0.3, -0.25) is 9.69 Å². The van der Waals surface area contributed by atoms with Gasteiger partial charge in [-0.2, -0.15) is 13.2 Å². The number of nitrogens with zero attached hydrogens (tertiary/aromatic N) is 2. The van der Waals surface area contributed by atoms with E-state index in [1.54, 1.807) is 0 Å². The molecule has 7 nitrogen and oxygen atoms in total. The molecule has 2 N–H and O–H groups in total. The van der Waals surface area contributed by atoms with E-state index in [1.165, 1.54) is 19.1 Å². The Hall–Kier alpha value is -2.96. The highest BCUT2D eigenvalue weighted by Crippen LogP contribution is 2.46. The lowest BCUT2D eigenvalue weighted by molar-refractivity contribution is -0.142. The van der Waals surface area contributed by atoms with Crippen molar-refractivity contribution in [2.45, 2.75) is 69.1 Å². The molecule has 2 heterocycles. The number of aliphatic carboxylic acids is 1. The summed E-state index contributed by atoms with van der Waals surface area (Å²) < 4.78 is 76.2. The predicted molar refractivity (Wildman–Crippen MR) is 146 cm³/mol. The zero-order valence-electron chi connectivity index (χ0n) is 23.3. The molecule has 0 aromatic heterocycles. The van der Waals surface area contributed by atoms with E-state index in [0.717, 1.165) is 35.9 Å². The molecular formula is C30H32ClF5N2O5. The van der Waals surface area contributed by atoms with E-state index in [4.69, 9.17) is 16.3 Å². The van der Waals surface area contributed by atoms with Crippen molar-refractivity contribution in [2.75, 3.05) is 26.2 Å². The summed E-state index contributed by atoms with van der Waals surface area (Å²) in [5.74, 6) is -3.73. The molecule has 1 amide bonds. The minimum Gasteiger partial charge on any atom is -0.490 e. The lowest BCUT2D eigenvalue weighted by Crippen LogP contribution is -2.44. The minimum atomic E-state index is -4.51. The van der Waals surface area contributed by atoms with Gasteiger partial charge in [0.1, 0.15) is 29.9 Å². The molecule has 0 bridgehead atoms. The molecule has 1 aliphatic carbocycles. The average molecular weight is 631 g/mol. The molecule has 2 aromatic carbocycles. The summed E-state index contributed by atoms with van der Waals surface area (Å²) in [5, 5.41) is 19.9. The number of benzene rings is 2. The molecule has 2 aliphatic heterocycles. The van der Waals surface area contributed by atoms with Gasteiger partial charge in [-0.15, -0.1) is 0 Å². The van der Waals surface area contributed by atoms with Gasteiger partial charge in [0, 0.05) is 43.2 Å². The fourth-order valence-corrected chi connectivity index (χ4v) is 6.03. The number of hydrogen-bond donors (Lipinski definition) is 2. The van der Waals surface area contributed by atoms with Crippen LogP contribution in [0.25, 0.3) is 0 Å². The predicted octanol–water partition coefficient (Wildman–Crippen LogP) is 5.66. The van der Waals surface area contributed by atoms with Crippen molar-refractivity contribution in [3.05, 3.63) is 63.4 Å². The quantitative estimate of drug-likeness (QED) is 0.366. The van der Waals surface area contributed by atoms with E-state index in [0.29, 0.717) is 11.1 Å². The number of aliphatic hydroxyl groups excluding tert-OH is 1. The molecule has 43 heavy (non-hydrogen) atoms. The monoisotopic (exact) mass is 630 g/mol. The van der Waals surface area contributed by atoms with Crippen LogP contribution in [0.3, 0.4) is 0 Å². The Balaban J connectivity index is 1.25. The lowest BCUT2D eigenvalue weighted by atomic mass is 9.93. The first kappa shape index (κ1) is 31.5. The number of rotatable bonds is 8. The van der Waals surface area contributed by atoms with Crippen LogP contribution in [0, 0.1) is 11.7 Å². The number of piperidine rings is 1. The van der Waals surface area contributed by atoms with Crippen LogP contribution >= 0.6 is 11.6 Å². The molecule has 1 saturated carbocycles. The Morgan fingerprint density at radius 3 is 2.42 bits per heavy atom. The van der Waals surface area contributed by atoms with Crippen molar-refractivity contribution >= 4 is 23.5 Å². The number of carbonyl (C=O) groups excluding carboxylic acids is 1. The topological polar surface area (TPSA) is 90.3 Å². The summed E-state index contributed by atoms with van der Waals surface area (Å²) in [6.45, 7) is 1.51. The van der Waals surface area contributed by atoms with E-state index >= 15 is 8.78 Å². The third-order valence-corrected chi connectivity index (χ3v) is 9.06. The normalized spacial score (nSPS) is 24.3. The summed E-state index contributed by atoms with van der Waals surface area (Å²) in [7, 11) is 0. The van der Waals surface area contributed by atoms with Gasteiger partial charge in [0.25, 0.3) is 5.91 Å². The third-order valence-electron chi connectivity index (χ3n) is 8.69. The number of ether oxygens (including phenoxy) is 1. The first-order valence-electron chi connectivity index (χ1n) is 14.1. The van der Waals surface area contributed by atoms with Gasteiger partial charge in [-0.05, 0) is 67.0 Å². The maximum Gasteiger partial charge on any atom is 0.416 e. The first-order chi connectivity index (χ1) is 20.2. The van der Waals surface area contributed by atoms with Crippen molar-refractivity contribution in [3.63, 3.8) is 0 Å². The second-order valence-electron chi connectivity index (χ2n) is 11.8. The highest BCUT2D eigenvalue weighted by atomic mass is 35.5. The average Bonchev–Trinajstić information content (AvgIpc) is 3.73. The number of carbonyl (C=O) groups is 2. The molecule has 234 valence electrons. The van der Waals surface area contributed by atoms with Gasteiger partial charge in [0.05, 0.1) is 17.2 Å².